The molecule has 0 aliphatic heterocycles. The summed E-state index contributed by atoms with van der Waals surface area (Å²) in [6, 6.07) is 26.8. The molecule has 0 atom stereocenters. The number of carbonyl (C=O) groups excluding carboxylic acids is 2. The van der Waals surface area contributed by atoms with E-state index in [0.717, 1.165) is 5.69 Å². The number of benzene rings is 3. The van der Waals surface area contributed by atoms with Gasteiger partial charge in [-0.1, -0.05) is 36.4 Å². The fraction of sp³-hybridized carbons (Fsp3) is 0.0400. The van der Waals surface area contributed by atoms with Crippen LogP contribution in [0.4, 0.5) is 11.4 Å². The first-order valence-corrected chi connectivity index (χ1v) is 9.71. The maximum atomic E-state index is 12.5. The predicted molar refractivity (Wildman–Crippen MR) is 118 cm³/mol. The second-order valence-electron chi connectivity index (χ2n) is 6.71. The van der Waals surface area contributed by atoms with E-state index in [1.807, 2.05) is 60.7 Å². The maximum Gasteiger partial charge on any atom is 0.259 e. The number of hydrogen-bond acceptors (Lipinski definition) is 4. The van der Waals surface area contributed by atoms with E-state index in [4.69, 9.17) is 9.15 Å². The summed E-state index contributed by atoms with van der Waals surface area (Å²) in [5, 5.41) is 5.66. The van der Waals surface area contributed by atoms with Crippen LogP contribution in [0.1, 0.15) is 26.5 Å². The van der Waals surface area contributed by atoms with Crippen molar-refractivity contribution in [3.8, 4) is 5.75 Å². The minimum absolute atomic E-state index is 0.0834. The number of hydrogen-bond donors (Lipinski definition) is 2. The van der Waals surface area contributed by atoms with Crippen LogP contribution in [0, 0.1) is 0 Å². The summed E-state index contributed by atoms with van der Waals surface area (Å²) in [4.78, 5) is 24.8. The van der Waals surface area contributed by atoms with Crippen LogP contribution >= 0.6 is 0 Å². The highest BCUT2D eigenvalue weighted by Crippen LogP contribution is 2.19. The van der Waals surface area contributed by atoms with E-state index >= 15 is 0 Å². The number of nitrogens with one attached hydrogen (secondary N) is 2. The number of anilines is 2. The Hall–Kier alpha value is -4.32. The van der Waals surface area contributed by atoms with Crippen molar-refractivity contribution in [1.29, 1.82) is 0 Å². The van der Waals surface area contributed by atoms with Gasteiger partial charge in [-0.15, -0.1) is 0 Å². The Morgan fingerprint density at radius 1 is 0.710 bits per heavy atom. The van der Waals surface area contributed by atoms with Gasteiger partial charge in [0.2, 0.25) is 0 Å². The van der Waals surface area contributed by atoms with Gasteiger partial charge in [-0.05, 0) is 54.6 Å². The van der Waals surface area contributed by atoms with Crippen LogP contribution in [0.15, 0.2) is 102 Å². The molecule has 0 spiro atoms. The Kier molecular flexibility index (Phi) is 6.09. The van der Waals surface area contributed by atoms with Crippen molar-refractivity contribution in [3.05, 3.63) is 114 Å². The molecule has 31 heavy (non-hydrogen) atoms. The molecule has 0 fully saturated rings. The molecule has 0 bridgehead atoms. The second-order valence-corrected chi connectivity index (χ2v) is 6.71. The van der Waals surface area contributed by atoms with Gasteiger partial charge in [-0.25, -0.2) is 0 Å². The van der Waals surface area contributed by atoms with E-state index in [9.17, 15) is 9.59 Å². The Morgan fingerprint density at radius 2 is 1.29 bits per heavy atom. The third-order valence-electron chi connectivity index (χ3n) is 4.54. The molecule has 4 aromatic rings. The summed E-state index contributed by atoms with van der Waals surface area (Å²) in [7, 11) is 0. The zero-order chi connectivity index (χ0) is 21.5. The van der Waals surface area contributed by atoms with Gasteiger partial charge < -0.3 is 19.8 Å². The second kappa shape index (κ2) is 9.45. The largest absolute Gasteiger partial charge is 0.486 e. The molecule has 0 aliphatic rings. The van der Waals surface area contributed by atoms with Crippen LogP contribution in [0.2, 0.25) is 0 Å². The summed E-state index contributed by atoms with van der Waals surface area (Å²) < 4.78 is 11.2. The zero-order valence-electron chi connectivity index (χ0n) is 16.6. The predicted octanol–water partition coefficient (Wildman–Crippen LogP) is 5.36. The van der Waals surface area contributed by atoms with Crippen molar-refractivity contribution in [2.75, 3.05) is 10.6 Å². The zero-order valence-corrected chi connectivity index (χ0v) is 16.6. The fourth-order valence-electron chi connectivity index (χ4n) is 2.95. The minimum atomic E-state index is -0.272. The quantitative estimate of drug-likeness (QED) is 0.428. The van der Waals surface area contributed by atoms with E-state index in [1.54, 1.807) is 30.3 Å². The van der Waals surface area contributed by atoms with Gasteiger partial charge in [-0.3, -0.25) is 9.59 Å². The lowest BCUT2D eigenvalue weighted by Gasteiger charge is -2.09. The number of para-hydroxylation sites is 2. The first-order valence-electron chi connectivity index (χ1n) is 9.71. The van der Waals surface area contributed by atoms with E-state index in [0.29, 0.717) is 28.3 Å². The average Bonchev–Trinajstić information content (AvgIpc) is 3.28. The van der Waals surface area contributed by atoms with Crippen LogP contribution in [-0.4, -0.2) is 11.8 Å². The van der Waals surface area contributed by atoms with Crippen LogP contribution in [0.3, 0.4) is 0 Å². The van der Waals surface area contributed by atoms with Crippen molar-refractivity contribution in [2.45, 2.75) is 6.61 Å². The molecule has 154 valence electrons. The van der Waals surface area contributed by atoms with E-state index in [-0.39, 0.29) is 18.4 Å². The molecule has 4 rings (SSSR count). The van der Waals surface area contributed by atoms with E-state index < -0.39 is 0 Å². The van der Waals surface area contributed by atoms with Gasteiger partial charge >= 0.3 is 0 Å². The minimum Gasteiger partial charge on any atom is -0.486 e. The van der Waals surface area contributed by atoms with Gasteiger partial charge in [0.05, 0.1) is 11.8 Å². The van der Waals surface area contributed by atoms with Crippen molar-refractivity contribution in [3.63, 3.8) is 0 Å². The Balaban J connectivity index is 1.35. The smallest absolute Gasteiger partial charge is 0.259 e. The van der Waals surface area contributed by atoms with E-state index in [2.05, 4.69) is 10.6 Å². The first-order chi connectivity index (χ1) is 15.2. The van der Waals surface area contributed by atoms with Crippen molar-refractivity contribution >= 4 is 23.2 Å². The molecule has 6 heteroatoms. The molecular formula is C25H20N2O4. The Labute approximate surface area is 179 Å². The topological polar surface area (TPSA) is 80.6 Å². The molecule has 1 heterocycles. The van der Waals surface area contributed by atoms with Crippen LogP contribution in [-0.2, 0) is 6.61 Å². The fourth-order valence-corrected chi connectivity index (χ4v) is 2.95. The molecule has 1 aromatic heterocycles. The summed E-state index contributed by atoms with van der Waals surface area (Å²) in [5.74, 6) is 0.497. The molecule has 2 amide bonds. The van der Waals surface area contributed by atoms with Crippen LogP contribution in [0.25, 0.3) is 0 Å². The number of furan rings is 1. The van der Waals surface area contributed by atoms with Crippen molar-refractivity contribution in [2.24, 2.45) is 0 Å². The van der Waals surface area contributed by atoms with Gasteiger partial charge in [0.15, 0.2) is 5.76 Å². The lowest BCUT2D eigenvalue weighted by molar-refractivity contribution is 0.101. The standard InChI is InChI=1S/C25H20N2O4/c28-24(26-19-7-3-1-4-8-19)18-11-13-21(14-12-18)31-17-23-22(15-16-30-23)25(29)27-20-9-5-2-6-10-20/h1-16H,17H2,(H,26,28)(H,27,29). The average molecular weight is 412 g/mol. The molecule has 0 saturated heterocycles. The molecule has 0 radical (unpaired) electrons. The molecular weight excluding hydrogens is 392 g/mol. The number of rotatable bonds is 7. The van der Waals surface area contributed by atoms with Gasteiger partial charge in [0.25, 0.3) is 11.8 Å². The molecule has 0 unspecified atom stereocenters. The highest BCUT2D eigenvalue weighted by atomic mass is 16.5. The summed E-state index contributed by atoms with van der Waals surface area (Å²) in [6.45, 7) is 0.0834. The van der Waals surface area contributed by atoms with Crippen LogP contribution in [0.5, 0.6) is 5.75 Å². The number of ether oxygens (including phenoxy) is 1. The lowest BCUT2D eigenvalue weighted by Crippen LogP contribution is -2.13. The van der Waals surface area contributed by atoms with Crippen LogP contribution < -0.4 is 15.4 Å². The number of carbonyl (C=O) groups is 2. The Morgan fingerprint density at radius 3 is 1.90 bits per heavy atom. The highest BCUT2D eigenvalue weighted by Gasteiger charge is 2.15. The van der Waals surface area contributed by atoms with Gasteiger partial charge in [0, 0.05) is 16.9 Å². The van der Waals surface area contributed by atoms with Crippen molar-refractivity contribution in [1.82, 2.24) is 0 Å². The molecule has 0 aliphatic carbocycles. The molecule has 3 aromatic carbocycles. The Bertz CT molecular complexity index is 1150. The van der Waals surface area contributed by atoms with E-state index in [1.165, 1.54) is 6.26 Å². The van der Waals surface area contributed by atoms with Gasteiger partial charge in [0.1, 0.15) is 12.4 Å². The maximum absolute atomic E-state index is 12.5. The SMILES string of the molecule is O=C(Nc1ccccc1)c1ccc(OCc2occc2C(=O)Nc2ccccc2)cc1. The third-order valence-corrected chi connectivity index (χ3v) is 4.54. The summed E-state index contributed by atoms with van der Waals surface area (Å²) in [6.07, 6.45) is 1.45. The molecule has 6 nitrogen and oxygen atoms in total. The first kappa shape index (κ1) is 20.0. The lowest BCUT2D eigenvalue weighted by atomic mass is 10.2. The summed E-state index contributed by atoms with van der Waals surface area (Å²) >= 11 is 0. The summed E-state index contributed by atoms with van der Waals surface area (Å²) in [5.41, 5.74) is 2.34. The molecule has 2 N–H and O–H groups in total. The number of amides is 2. The third kappa shape index (κ3) is 5.19. The monoisotopic (exact) mass is 412 g/mol. The van der Waals surface area contributed by atoms with Gasteiger partial charge in [-0.2, -0.15) is 0 Å². The van der Waals surface area contributed by atoms with Crippen molar-refractivity contribution < 1.29 is 18.7 Å². The molecule has 0 saturated carbocycles. The highest BCUT2D eigenvalue weighted by molar-refractivity contribution is 6.05. The normalized spacial score (nSPS) is 10.3.